The third-order valence-electron chi connectivity index (χ3n) is 4.55. The topological polar surface area (TPSA) is 107 Å². The summed E-state index contributed by atoms with van der Waals surface area (Å²) >= 11 is 0. The van der Waals surface area contributed by atoms with Crippen LogP contribution in [0.3, 0.4) is 0 Å². The van der Waals surface area contributed by atoms with Crippen molar-refractivity contribution in [3.63, 3.8) is 0 Å². The molecule has 0 radical (unpaired) electrons. The van der Waals surface area contributed by atoms with Gasteiger partial charge < -0.3 is 32.4 Å². The van der Waals surface area contributed by atoms with Gasteiger partial charge in [0.05, 0.1) is 5.92 Å². The Morgan fingerprint density at radius 1 is 1.12 bits per heavy atom. The zero-order chi connectivity index (χ0) is 24.8. The van der Waals surface area contributed by atoms with Crippen molar-refractivity contribution in [1.82, 2.24) is 0 Å². The molecule has 0 aromatic heterocycles. The first-order chi connectivity index (χ1) is 15.7. The van der Waals surface area contributed by atoms with Crippen molar-refractivity contribution in [2.75, 3.05) is 6.61 Å². The molecule has 1 aliphatic heterocycles. The molecule has 1 heterocycles. The Kier molecular flexibility index (Phi) is 14.5. The fraction of sp³-hybridized carbons (Fsp3) is 0.385. The van der Waals surface area contributed by atoms with E-state index in [1.165, 1.54) is 0 Å². The number of esters is 3. The highest BCUT2D eigenvalue weighted by Gasteiger charge is 2.41. The summed E-state index contributed by atoms with van der Waals surface area (Å²) in [6.45, 7) is 11.3. The van der Waals surface area contributed by atoms with E-state index in [2.05, 4.69) is 47.5 Å². The Morgan fingerprint density at radius 3 is 2.24 bits per heavy atom. The molecule has 8 heteroatoms. The predicted octanol–water partition coefficient (Wildman–Crippen LogP) is -0.906. The molecule has 0 spiro atoms. The van der Waals surface area contributed by atoms with Crippen LogP contribution in [0, 0.1) is 11.8 Å². The summed E-state index contributed by atoms with van der Waals surface area (Å²) in [7, 11) is 0. The third-order valence-corrected chi connectivity index (χ3v) is 4.55. The largest absolute Gasteiger partial charge is 1.00 e. The lowest BCUT2D eigenvalue weighted by atomic mass is 9.91. The minimum atomic E-state index is -0.938. The smallest absolute Gasteiger partial charge is 0.368 e. The molecule has 1 saturated heterocycles. The van der Waals surface area contributed by atoms with Crippen molar-refractivity contribution < 1.29 is 46.7 Å². The van der Waals surface area contributed by atoms with Crippen LogP contribution in [0.5, 0.6) is 0 Å². The second kappa shape index (κ2) is 16.2. The van der Waals surface area contributed by atoms with Crippen LogP contribution in [0.1, 0.15) is 26.3 Å². The molecule has 1 aromatic carbocycles. The van der Waals surface area contributed by atoms with Gasteiger partial charge in [0.25, 0.3) is 0 Å². The van der Waals surface area contributed by atoms with Crippen LogP contribution >= 0.6 is 0 Å². The van der Waals surface area contributed by atoms with Crippen LogP contribution in [-0.4, -0.2) is 42.8 Å². The summed E-state index contributed by atoms with van der Waals surface area (Å²) < 4.78 is 16.2. The van der Waals surface area contributed by atoms with Crippen molar-refractivity contribution in [3.05, 3.63) is 77.7 Å². The molecule has 0 aliphatic carbocycles. The summed E-state index contributed by atoms with van der Waals surface area (Å²) in [5.41, 5.74) is 16.6. The normalized spacial score (nSPS) is 21.3. The lowest BCUT2D eigenvalue weighted by molar-refractivity contribution is -0.413. The first-order valence-electron chi connectivity index (χ1n) is 10.4. The molecule has 7 nitrogen and oxygen atoms in total. The van der Waals surface area contributed by atoms with E-state index in [9.17, 15) is 14.4 Å². The van der Waals surface area contributed by atoms with Crippen molar-refractivity contribution in [2.45, 2.75) is 45.4 Å². The zero-order valence-corrected chi connectivity index (χ0v) is 20.4. The van der Waals surface area contributed by atoms with Crippen LogP contribution in [0.4, 0.5) is 0 Å². The molecule has 2 rings (SSSR count). The Labute approximate surface area is 206 Å². The van der Waals surface area contributed by atoms with Gasteiger partial charge in [0.2, 0.25) is 6.04 Å². The van der Waals surface area contributed by atoms with E-state index < -0.39 is 42.1 Å². The minimum Gasteiger partial charge on any atom is -1.00 e. The molecule has 0 amide bonds. The molecule has 4 atom stereocenters. The number of hydrogen-bond acceptors (Lipinski definition) is 6. The molecule has 0 saturated carbocycles. The van der Waals surface area contributed by atoms with Crippen molar-refractivity contribution in [3.8, 4) is 0 Å². The van der Waals surface area contributed by atoms with Gasteiger partial charge in [-0.1, -0.05) is 55.6 Å². The average molecular weight is 494 g/mol. The van der Waals surface area contributed by atoms with Crippen LogP contribution in [0.2, 0.25) is 0 Å². The highest BCUT2D eigenvalue weighted by molar-refractivity contribution is 5.78. The SMILES string of the molecule is C=[13C]=[13C]=[13C]=[13C]=[13C]=[13CH2].CC(C)C(=O)O[C@H]1[C@H](C)OC(=O)[C@@H]([NH3+])COC(=O)[C@@H]1Cc1ccccc1.[Cl-]. The fourth-order valence-corrected chi connectivity index (χ4v) is 2.80. The number of cyclic esters (lactones) is 2. The maximum atomic E-state index is 12.7. The van der Waals surface area contributed by atoms with Gasteiger partial charge in [0.1, 0.15) is 12.0 Å². The molecule has 1 aliphatic rings. The molecule has 0 unspecified atom stereocenters. The van der Waals surface area contributed by atoms with E-state index in [0.29, 0.717) is 6.42 Å². The molecule has 1 fully saturated rings. The van der Waals surface area contributed by atoms with E-state index in [1.54, 1.807) is 20.8 Å². The molecule has 0 bridgehead atoms. The molecular weight excluding hydrogens is 464 g/mol. The summed E-state index contributed by atoms with van der Waals surface area (Å²) in [6.07, 6.45) is -1.43. The lowest BCUT2D eigenvalue weighted by Gasteiger charge is -2.29. The summed E-state index contributed by atoms with van der Waals surface area (Å²) in [6, 6.07) is 8.53. The standard InChI is InChI=1S/C19H25NO6.C7H4.ClH/c1-11(2)17(21)26-16-12(3)25-19(23)15(20)10-24-18(22)14(16)9-13-7-5-4-6-8-13;1-3-5-7-6-4-2;/h4-8,11-12,14-16H,9-10,20H2,1-3H3;1-2H2;1H/t12-,14+,15-,16-;;/m0../s1/i;1+1,3+1,4+1,5+1,6+1,7+1;. The number of carbonyl (C=O) groups is 3. The summed E-state index contributed by atoms with van der Waals surface area (Å²) in [5.74, 6) is -2.74. The average Bonchev–Trinajstić information content (AvgIpc) is 2.82. The monoisotopic (exact) mass is 493 g/mol. The van der Waals surface area contributed by atoms with Crippen molar-refractivity contribution in [2.24, 2.45) is 11.8 Å². The Hall–Kier alpha value is -3.48. The van der Waals surface area contributed by atoms with Crippen LogP contribution in [0.15, 0.2) is 72.1 Å². The van der Waals surface area contributed by atoms with Crippen molar-refractivity contribution >= 4 is 17.9 Å². The maximum Gasteiger partial charge on any atom is 0.368 e. The molecule has 3 N–H and O–H groups in total. The summed E-state index contributed by atoms with van der Waals surface area (Å²) in [5, 5.41) is 0. The van der Waals surface area contributed by atoms with E-state index in [1.807, 2.05) is 30.3 Å². The first-order valence-corrected chi connectivity index (χ1v) is 10.4. The number of ether oxygens (including phenoxy) is 3. The van der Waals surface area contributed by atoms with E-state index in [-0.39, 0.29) is 24.9 Å². The molecule has 182 valence electrons. The highest BCUT2D eigenvalue weighted by atomic mass is 35.5. The van der Waals surface area contributed by atoms with E-state index in [4.69, 9.17) is 14.2 Å². The first kappa shape index (κ1) is 30.5. The van der Waals surface area contributed by atoms with Gasteiger partial charge in [-0.2, -0.15) is 0 Å². The Morgan fingerprint density at radius 2 is 1.71 bits per heavy atom. The fourth-order valence-electron chi connectivity index (χ4n) is 2.80. The number of rotatable bonds is 4. The van der Waals surface area contributed by atoms with Crippen LogP contribution in [0.25, 0.3) is 0 Å². The number of hydrogen-bond donors (Lipinski definition) is 1. The second-order valence-corrected chi connectivity index (χ2v) is 7.55. The van der Waals surface area contributed by atoms with E-state index >= 15 is 0 Å². The van der Waals surface area contributed by atoms with Gasteiger partial charge in [-0.25, -0.2) is 4.79 Å². The van der Waals surface area contributed by atoms with Crippen LogP contribution < -0.4 is 18.1 Å². The third kappa shape index (κ3) is 10.4. The van der Waals surface area contributed by atoms with Crippen molar-refractivity contribution in [1.29, 1.82) is 0 Å². The molecular formula is C26H30ClNO6. The van der Waals surface area contributed by atoms with Gasteiger partial charge in [0.15, 0.2) is 12.7 Å². The second-order valence-electron chi connectivity index (χ2n) is 7.55. The van der Waals surface area contributed by atoms with Gasteiger partial charge >= 0.3 is 17.9 Å². The number of carbonyl (C=O) groups excluding carboxylic acids is 3. The van der Waals surface area contributed by atoms with Gasteiger partial charge in [-0.3, -0.25) is 9.59 Å². The number of benzene rings is 1. The highest BCUT2D eigenvalue weighted by Crippen LogP contribution is 2.24. The zero-order valence-electron chi connectivity index (χ0n) is 19.6. The predicted molar refractivity (Wildman–Crippen MR) is 120 cm³/mol. The van der Waals surface area contributed by atoms with Crippen LogP contribution in [-0.2, 0) is 35.0 Å². The van der Waals surface area contributed by atoms with Gasteiger partial charge in [-0.05, 0) is 49.3 Å². The lowest BCUT2D eigenvalue weighted by Crippen LogP contribution is -3.00. The van der Waals surface area contributed by atoms with Gasteiger partial charge in [-0.15, -0.1) is 0 Å². The summed E-state index contributed by atoms with van der Waals surface area (Å²) in [4.78, 5) is 36.9. The minimum absolute atomic E-state index is 0. The van der Waals surface area contributed by atoms with E-state index in [0.717, 1.165) is 5.56 Å². The quantitative estimate of drug-likeness (QED) is 0.252. The Bertz CT molecular complexity index is 985. The molecule has 1 aromatic rings. The Balaban J connectivity index is 0.00000119. The van der Waals surface area contributed by atoms with Gasteiger partial charge in [0, 0.05) is 0 Å². The number of quaternary nitrogens is 1. The maximum absolute atomic E-state index is 12.7. The molecule has 34 heavy (non-hydrogen) atoms. The number of halogens is 1.